The normalized spacial score (nSPS) is 15.4. The first-order valence-corrected chi connectivity index (χ1v) is 6.01. The zero-order chi connectivity index (χ0) is 13.3. The van der Waals surface area contributed by atoms with Gasteiger partial charge in [0.05, 0.1) is 5.60 Å². The van der Waals surface area contributed by atoms with E-state index in [0.717, 1.165) is 12.8 Å². The highest BCUT2D eigenvalue weighted by Crippen LogP contribution is 2.11. The van der Waals surface area contributed by atoms with Gasteiger partial charge in [-0.2, -0.15) is 0 Å². The van der Waals surface area contributed by atoms with Gasteiger partial charge in [0.15, 0.2) is 0 Å². The summed E-state index contributed by atoms with van der Waals surface area (Å²) in [5.74, 6) is 2.46. The molecule has 1 heteroatoms. The maximum absolute atomic E-state index is 9.81. The van der Waals surface area contributed by atoms with Crippen LogP contribution in [0.5, 0.6) is 0 Å². The van der Waals surface area contributed by atoms with Gasteiger partial charge in [0.1, 0.15) is 0 Å². The molecule has 0 rings (SSSR count). The molecule has 1 atom stereocenters. The van der Waals surface area contributed by atoms with Crippen molar-refractivity contribution in [1.29, 1.82) is 0 Å². The Bertz CT molecular complexity index is 344. The van der Waals surface area contributed by atoms with E-state index in [2.05, 4.69) is 32.8 Å². The van der Waals surface area contributed by atoms with Crippen LogP contribution in [0.15, 0.2) is 35.5 Å². The monoisotopic (exact) mass is 232 g/mol. The maximum atomic E-state index is 9.81. The quantitative estimate of drug-likeness (QED) is 0.417. The Morgan fingerprint density at radius 1 is 1.35 bits per heavy atom. The Morgan fingerprint density at radius 3 is 2.53 bits per heavy atom. The van der Waals surface area contributed by atoms with E-state index >= 15 is 0 Å². The van der Waals surface area contributed by atoms with Crippen LogP contribution in [0.4, 0.5) is 0 Å². The summed E-state index contributed by atoms with van der Waals surface area (Å²) in [6.45, 7) is 8.03. The molecule has 0 aliphatic heterocycles. The predicted molar refractivity (Wildman–Crippen MR) is 75.6 cm³/mol. The van der Waals surface area contributed by atoms with Crippen LogP contribution in [0.1, 0.15) is 47.0 Å². The van der Waals surface area contributed by atoms with Gasteiger partial charge in [0.25, 0.3) is 0 Å². The lowest BCUT2D eigenvalue weighted by Crippen LogP contribution is -2.19. The Balaban J connectivity index is 4.19. The molecule has 0 radical (unpaired) electrons. The van der Waals surface area contributed by atoms with Crippen molar-refractivity contribution in [3.8, 4) is 12.3 Å². The zero-order valence-corrected chi connectivity index (χ0v) is 11.5. The van der Waals surface area contributed by atoms with Gasteiger partial charge in [-0.1, -0.05) is 35.5 Å². The molecule has 0 fully saturated rings. The highest BCUT2D eigenvalue weighted by Gasteiger charge is 2.12. The third kappa shape index (κ3) is 9.66. The lowest BCUT2D eigenvalue weighted by molar-refractivity contribution is 0.118. The van der Waals surface area contributed by atoms with Crippen molar-refractivity contribution in [2.45, 2.75) is 52.6 Å². The van der Waals surface area contributed by atoms with Crippen molar-refractivity contribution < 1.29 is 5.11 Å². The second-order valence-corrected chi connectivity index (χ2v) is 4.93. The molecule has 0 aromatic rings. The SMILES string of the molecule is C#CCC(C)(O)C=CC=C(C)CCC=C(C)C. The van der Waals surface area contributed by atoms with E-state index in [-0.39, 0.29) is 0 Å². The molecule has 1 unspecified atom stereocenters. The molecule has 0 spiro atoms. The first-order valence-electron chi connectivity index (χ1n) is 6.01. The van der Waals surface area contributed by atoms with Crippen molar-refractivity contribution in [1.82, 2.24) is 0 Å². The van der Waals surface area contributed by atoms with E-state index in [1.807, 2.05) is 12.2 Å². The van der Waals surface area contributed by atoms with Crippen LogP contribution < -0.4 is 0 Å². The minimum absolute atomic E-state index is 0.341. The fourth-order valence-electron chi connectivity index (χ4n) is 1.36. The van der Waals surface area contributed by atoms with Crippen molar-refractivity contribution in [2.24, 2.45) is 0 Å². The van der Waals surface area contributed by atoms with E-state index in [1.54, 1.807) is 13.0 Å². The van der Waals surface area contributed by atoms with E-state index in [0.29, 0.717) is 6.42 Å². The molecule has 0 amide bonds. The summed E-state index contributed by atoms with van der Waals surface area (Å²) in [4.78, 5) is 0. The van der Waals surface area contributed by atoms with Crippen LogP contribution in [-0.2, 0) is 0 Å². The number of hydrogen-bond donors (Lipinski definition) is 1. The molecule has 94 valence electrons. The predicted octanol–water partition coefficient (Wildman–Crippen LogP) is 4.01. The van der Waals surface area contributed by atoms with Crippen LogP contribution in [0.25, 0.3) is 0 Å². The third-order valence-electron chi connectivity index (χ3n) is 2.39. The summed E-state index contributed by atoms with van der Waals surface area (Å²) >= 11 is 0. The van der Waals surface area contributed by atoms with E-state index in [1.165, 1.54) is 11.1 Å². The average Bonchev–Trinajstić information content (AvgIpc) is 2.16. The molecule has 0 bridgehead atoms. The summed E-state index contributed by atoms with van der Waals surface area (Å²) in [5, 5.41) is 9.81. The first-order chi connectivity index (χ1) is 7.87. The van der Waals surface area contributed by atoms with Crippen LogP contribution in [0.3, 0.4) is 0 Å². The molecule has 0 aromatic heterocycles. The van der Waals surface area contributed by atoms with Crippen molar-refractivity contribution in [3.63, 3.8) is 0 Å². The average molecular weight is 232 g/mol. The topological polar surface area (TPSA) is 20.2 Å². The summed E-state index contributed by atoms with van der Waals surface area (Å²) in [5.41, 5.74) is 1.76. The number of allylic oxidation sites excluding steroid dienone is 5. The Kier molecular flexibility index (Phi) is 7.34. The molecule has 0 aliphatic carbocycles. The molecular weight excluding hydrogens is 208 g/mol. The first kappa shape index (κ1) is 15.7. The number of hydrogen-bond acceptors (Lipinski definition) is 1. The molecule has 0 saturated carbocycles. The number of terminal acetylenes is 1. The number of rotatable bonds is 6. The molecule has 1 nitrogen and oxygen atoms in total. The third-order valence-corrected chi connectivity index (χ3v) is 2.39. The molecule has 0 aromatic carbocycles. The highest BCUT2D eigenvalue weighted by atomic mass is 16.3. The van der Waals surface area contributed by atoms with Gasteiger partial charge in [-0.05, 0) is 40.5 Å². The lowest BCUT2D eigenvalue weighted by atomic mass is 10.0. The van der Waals surface area contributed by atoms with Gasteiger partial charge in [0, 0.05) is 6.42 Å². The van der Waals surface area contributed by atoms with Crippen molar-refractivity contribution in [2.75, 3.05) is 0 Å². The van der Waals surface area contributed by atoms with Gasteiger partial charge in [-0.3, -0.25) is 0 Å². The van der Waals surface area contributed by atoms with Crippen molar-refractivity contribution in [3.05, 3.63) is 35.5 Å². The van der Waals surface area contributed by atoms with Gasteiger partial charge < -0.3 is 5.11 Å². The molecule has 1 N–H and O–H groups in total. The maximum Gasteiger partial charge on any atom is 0.0911 e. The Morgan fingerprint density at radius 2 is 2.00 bits per heavy atom. The molecule has 0 saturated heterocycles. The molecule has 0 aliphatic rings. The van der Waals surface area contributed by atoms with Crippen LogP contribution in [-0.4, -0.2) is 10.7 Å². The highest BCUT2D eigenvalue weighted by molar-refractivity contribution is 5.16. The van der Waals surface area contributed by atoms with Crippen LogP contribution in [0.2, 0.25) is 0 Å². The van der Waals surface area contributed by atoms with Gasteiger partial charge in [-0.25, -0.2) is 0 Å². The largest absolute Gasteiger partial charge is 0.385 e. The summed E-state index contributed by atoms with van der Waals surface area (Å²) in [6.07, 6.45) is 15.5. The molecular formula is C16H24O. The fourth-order valence-corrected chi connectivity index (χ4v) is 1.36. The summed E-state index contributed by atoms with van der Waals surface area (Å²) < 4.78 is 0. The second-order valence-electron chi connectivity index (χ2n) is 4.93. The number of aliphatic hydroxyl groups is 1. The Hall–Kier alpha value is -1.26. The second kappa shape index (κ2) is 7.92. The van der Waals surface area contributed by atoms with Gasteiger partial charge in [-0.15, -0.1) is 12.3 Å². The Labute approximate surface area is 106 Å². The van der Waals surface area contributed by atoms with Gasteiger partial charge >= 0.3 is 0 Å². The standard InChI is InChI=1S/C16H24O/c1-6-12-16(5,17)13-8-11-15(4)10-7-9-14(2)3/h1,8-9,11,13,17H,7,10,12H2,2-5H3. The molecule has 0 heterocycles. The minimum atomic E-state index is -0.897. The van der Waals surface area contributed by atoms with E-state index in [9.17, 15) is 5.11 Å². The van der Waals surface area contributed by atoms with Crippen LogP contribution in [0, 0.1) is 12.3 Å². The summed E-state index contributed by atoms with van der Waals surface area (Å²) in [6, 6.07) is 0. The lowest BCUT2D eigenvalue weighted by Gasteiger charge is -2.14. The van der Waals surface area contributed by atoms with E-state index in [4.69, 9.17) is 6.42 Å². The fraction of sp³-hybridized carbons (Fsp3) is 0.500. The molecule has 17 heavy (non-hydrogen) atoms. The van der Waals surface area contributed by atoms with Crippen molar-refractivity contribution >= 4 is 0 Å². The van der Waals surface area contributed by atoms with E-state index < -0.39 is 5.60 Å². The van der Waals surface area contributed by atoms with Gasteiger partial charge in [0.2, 0.25) is 0 Å². The smallest absolute Gasteiger partial charge is 0.0911 e. The summed E-state index contributed by atoms with van der Waals surface area (Å²) in [7, 11) is 0. The van der Waals surface area contributed by atoms with Crippen LogP contribution >= 0.6 is 0 Å². The zero-order valence-electron chi connectivity index (χ0n) is 11.5. The minimum Gasteiger partial charge on any atom is -0.385 e.